The molecule has 0 saturated heterocycles. The maximum atomic E-state index is 12.5. The van der Waals surface area contributed by atoms with Gasteiger partial charge in [-0.15, -0.1) is 0 Å². The number of sulfonamides is 1. The second-order valence-corrected chi connectivity index (χ2v) is 8.07. The lowest BCUT2D eigenvalue weighted by Gasteiger charge is -2.22. The Labute approximate surface area is 154 Å². The van der Waals surface area contributed by atoms with Gasteiger partial charge in [0.05, 0.1) is 4.90 Å². The molecule has 1 unspecified atom stereocenters. The SMILES string of the molecule is Cc1ccc(S(=O)(=O)NC(C(=O)OB(O)c2ccccc2)C(C)C)cc1. The predicted molar refractivity (Wildman–Crippen MR) is 100 cm³/mol. The summed E-state index contributed by atoms with van der Waals surface area (Å²) in [5, 5.41) is 10.0. The molecule has 0 aliphatic heterocycles. The van der Waals surface area contributed by atoms with Gasteiger partial charge >= 0.3 is 13.1 Å². The molecule has 2 aromatic carbocycles. The van der Waals surface area contributed by atoms with Crippen LogP contribution in [0.4, 0.5) is 0 Å². The van der Waals surface area contributed by atoms with Crippen molar-refractivity contribution in [3.63, 3.8) is 0 Å². The van der Waals surface area contributed by atoms with E-state index in [9.17, 15) is 18.2 Å². The fourth-order valence-corrected chi connectivity index (χ4v) is 3.61. The average molecular weight is 375 g/mol. The van der Waals surface area contributed by atoms with E-state index in [1.54, 1.807) is 56.3 Å². The highest BCUT2D eigenvalue weighted by atomic mass is 32.2. The molecule has 0 aliphatic rings. The van der Waals surface area contributed by atoms with Crippen molar-refractivity contribution in [3.05, 3.63) is 60.2 Å². The van der Waals surface area contributed by atoms with Gasteiger partial charge in [0.15, 0.2) is 0 Å². The smallest absolute Gasteiger partial charge is 0.505 e. The van der Waals surface area contributed by atoms with Crippen molar-refractivity contribution >= 4 is 28.6 Å². The average Bonchev–Trinajstić information content (AvgIpc) is 2.60. The highest BCUT2D eigenvalue weighted by molar-refractivity contribution is 7.89. The first kappa shape index (κ1) is 20.2. The summed E-state index contributed by atoms with van der Waals surface area (Å²) in [4.78, 5) is 12.5. The minimum absolute atomic E-state index is 0.0603. The summed E-state index contributed by atoms with van der Waals surface area (Å²) in [6.45, 7) is 5.24. The third kappa shape index (κ3) is 5.17. The molecule has 2 N–H and O–H groups in total. The minimum atomic E-state index is -3.90. The Kier molecular flexibility index (Phi) is 6.58. The van der Waals surface area contributed by atoms with E-state index >= 15 is 0 Å². The largest absolute Gasteiger partial charge is 0.561 e. The number of carbonyl (C=O) groups is 1. The van der Waals surface area contributed by atoms with E-state index in [1.165, 1.54) is 12.1 Å². The molecule has 0 spiro atoms. The summed E-state index contributed by atoms with van der Waals surface area (Å²) < 4.78 is 32.5. The van der Waals surface area contributed by atoms with Gasteiger partial charge in [-0.05, 0) is 30.4 Å². The number of rotatable bonds is 7. The zero-order valence-corrected chi connectivity index (χ0v) is 15.7. The van der Waals surface area contributed by atoms with Gasteiger partial charge < -0.3 is 9.68 Å². The molecule has 0 amide bonds. The van der Waals surface area contributed by atoms with Crippen LogP contribution in [0.5, 0.6) is 0 Å². The molecule has 0 bridgehead atoms. The maximum Gasteiger partial charge on any atom is 0.561 e. The van der Waals surface area contributed by atoms with Gasteiger partial charge in [0.2, 0.25) is 10.0 Å². The van der Waals surface area contributed by atoms with Crippen LogP contribution in [-0.2, 0) is 19.5 Å². The third-order valence-electron chi connectivity index (χ3n) is 3.85. The topological polar surface area (TPSA) is 92.7 Å². The number of carbonyl (C=O) groups excluding carboxylic acids is 1. The van der Waals surface area contributed by atoms with Crippen molar-refractivity contribution in [1.29, 1.82) is 0 Å². The Morgan fingerprint density at radius 2 is 1.65 bits per heavy atom. The van der Waals surface area contributed by atoms with Crippen LogP contribution in [0.1, 0.15) is 19.4 Å². The van der Waals surface area contributed by atoms with Crippen LogP contribution in [0.25, 0.3) is 0 Å². The molecular formula is C18H22BNO5S. The van der Waals surface area contributed by atoms with E-state index in [4.69, 9.17) is 4.65 Å². The lowest BCUT2D eigenvalue weighted by atomic mass is 9.79. The van der Waals surface area contributed by atoms with E-state index in [-0.39, 0.29) is 10.8 Å². The van der Waals surface area contributed by atoms with Gasteiger partial charge in [0, 0.05) is 0 Å². The van der Waals surface area contributed by atoms with Crippen LogP contribution in [0, 0.1) is 12.8 Å². The Morgan fingerprint density at radius 3 is 2.19 bits per heavy atom. The predicted octanol–water partition coefficient (Wildman–Crippen LogP) is 1.23. The summed E-state index contributed by atoms with van der Waals surface area (Å²) in [5.41, 5.74) is 1.33. The zero-order valence-electron chi connectivity index (χ0n) is 14.9. The van der Waals surface area contributed by atoms with Crippen molar-refractivity contribution in [2.45, 2.75) is 31.7 Å². The first-order valence-electron chi connectivity index (χ1n) is 8.23. The minimum Gasteiger partial charge on any atom is -0.505 e. The summed E-state index contributed by atoms with van der Waals surface area (Å²) in [6.07, 6.45) is 0. The van der Waals surface area contributed by atoms with E-state index in [1.807, 2.05) is 6.92 Å². The van der Waals surface area contributed by atoms with Crippen molar-refractivity contribution in [3.8, 4) is 0 Å². The molecule has 0 fully saturated rings. The molecule has 26 heavy (non-hydrogen) atoms. The Bertz CT molecular complexity index is 838. The quantitative estimate of drug-likeness (QED) is 0.711. The van der Waals surface area contributed by atoms with Gasteiger partial charge in [-0.1, -0.05) is 61.9 Å². The lowest BCUT2D eigenvalue weighted by molar-refractivity contribution is -0.138. The molecule has 138 valence electrons. The van der Waals surface area contributed by atoms with Crippen molar-refractivity contribution in [2.24, 2.45) is 5.92 Å². The highest BCUT2D eigenvalue weighted by Crippen LogP contribution is 2.14. The molecule has 0 heterocycles. The second-order valence-electron chi connectivity index (χ2n) is 6.36. The Hall–Kier alpha value is -2.16. The molecule has 6 nitrogen and oxygen atoms in total. The van der Waals surface area contributed by atoms with Crippen LogP contribution in [0.15, 0.2) is 59.5 Å². The summed E-state index contributed by atoms with van der Waals surface area (Å²) in [6, 6.07) is 13.6. The Morgan fingerprint density at radius 1 is 1.08 bits per heavy atom. The molecule has 2 rings (SSSR count). The normalized spacial score (nSPS) is 12.7. The van der Waals surface area contributed by atoms with Crippen LogP contribution in [-0.4, -0.2) is 32.6 Å². The Balaban J connectivity index is 2.15. The number of benzene rings is 2. The molecule has 0 aromatic heterocycles. The van der Waals surface area contributed by atoms with E-state index in [0.29, 0.717) is 5.46 Å². The number of hydrogen-bond acceptors (Lipinski definition) is 5. The molecule has 0 saturated carbocycles. The van der Waals surface area contributed by atoms with Crippen LogP contribution in [0.3, 0.4) is 0 Å². The monoisotopic (exact) mass is 375 g/mol. The number of nitrogens with one attached hydrogen (secondary N) is 1. The molecule has 1 atom stereocenters. The molecule has 0 aliphatic carbocycles. The van der Waals surface area contributed by atoms with Crippen molar-refractivity contribution < 1.29 is 22.9 Å². The van der Waals surface area contributed by atoms with E-state index < -0.39 is 29.2 Å². The second kappa shape index (κ2) is 8.48. The fourth-order valence-electron chi connectivity index (χ4n) is 2.28. The summed E-state index contributed by atoms with van der Waals surface area (Å²) in [7, 11) is -5.36. The number of aryl methyl sites for hydroxylation is 1. The lowest BCUT2D eigenvalue weighted by Crippen LogP contribution is -2.48. The highest BCUT2D eigenvalue weighted by Gasteiger charge is 2.32. The molecule has 2 aromatic rings. The molecular weight excluding hydrogens is 353 g/mol. The van der Waals surface area contributed by atoms with Gasteiger partial charge in [-0.25, -0.2) is 8.42 Å². The number of hydrogen-bond donors (Lipinski definition) is 2. The summed E-state index contributed by atoms with van der Waals surface area (Å²) in [5.74, 6) is -1.21. The van der Waals surface area contributed by atoms with Crippen LogP contribution in [0.2, 0.25) is 0 Å². The van der Waals surface area contributed by atoms with Crippen molar-refractivity contribution in [2.75, 3.05) is 0 Å². The zero-order chi connectivity index (χ0) is 19.3. The summed E-state index contributed by atoms with van der Waals surface area (Å²) >= 11 is 0. The van der Waals surface area contributed by atoms with Gasteiger partial charge in [0.25, 0.3) is 0 Å². The van der Waals surface area contributed by atoms with E-state index in [2.05, 4.69) is 4.72 Å². The van der Waals surface area contributed by atoms with Gasteiger partial charge in [-0.2, -0.15) is 4.72 Å². The van der Waals surface area contributed by atoms with E-state index in [0.717, 1.165) is 5.56 Å². The standard InChI is InChI=1S/C18H22BNO5S/c1-13(2)17(18(21)25-19(22)15-7-5-4-6-8-15)20-26(23,24)16-11-9-14(3)10-12-16/h4-13,17,20,22H,1-3H3. The van der Waals surface area contributed by atoms with Crippen molar-refractivity contribution in [1.82, 2.24) is 4.72 Å². The third-order valence-corrected chi connectivity index (χ3v) is 5.30. The van der Waals surface area contributed by atoms with Gasteiger partial charge in [0.1, 0.15) is 6.04 Å². The fraction of sp³-hybridized carbons (Fsp3) is 0.278. The molecule has 8 heteroatoms. The van der Waals surface area contributed by atoms with Crippen LogP contribution >= 0.6 is 0 Å². The van der Waals surface area contributed by atoms with Crippen LogP contribution < -0.4 is 10.2 Å². The first-order chi connectivity index (χ1) is 12.2. The first-order valence-corrected chi connectivity index (χ1v) is 9.71. The maximum absolute atomic E-state index is 12.5. The van der Waals surface area contributed by atoms with Gasteiger partial charge in [-0.3, -0.25) is 4.79 Å². The molecule has 0 radical (unpaired) electrons.